The van der Waals surface area contributed by atoms with Crippen LogP contribution in [-0.2, 0) is 0 Å². The first-order valence-electron chi connectivity index (χ1n) is 4.41. The first-order chi connectivity index (χ1) is 7.18. The molecule has 1 aromatic carbocycles. The molecule has 0 spiro atoms. The average Bonchev–Trinajstić information content (AvgIpc) is 2.74. The second kappa shape index (κ2) is 4.43. The van der Waals surface area contributed by atoms with Crippen LogP contribution in [0, 0.1) is 5.82 Å². The Hall–Kier alpha value is -0.710. The fraction of sp³-hybridized carbons (Fsp3) is 0.0909. The summed E-state index contributed by atoms with van der Waals surface area (Å²) in [6, 6.07) is 6.64. The molecule has 0 fully saturated rings. The van der Waals surface area contributed by atoms with Crippen molar-refractivity contribution in [2.75, 3.05) is 0 Å². The van der Waals surface area contributed by atoms with E-state index in [1.54, 1.807) is 23.5 Å². The number of benzene rings is 1. The molecule has 1 aromatic heterocycles. The zero-order chi connectivity index (χ0) is 10.8. The van der Waals surface area contributed by atoms with Crippen molar-refractivity contribution in [2.45, 2.75) is 6.04 Å². The summed E-state index contributed by atoms with van der Waals surface area (Å²) in [6.07, 6.45) is 0. The molecule has 0 aliphatic rings. The number of hydrogen-bond donors (Lipinski definition) is 1. The molecule has 0 amide bonds. The Labute approximate surface area is 99.9 Å². The van der Waals surface area contributed by atoms with Gasteiger partial charge in [0, 0.05) is 0 Å². The molecule has 0 bridgehead atoms. The van der Waals surface area contributed by atoms with Crippen molar-refractivity contribution < 1.29 is 4.39 Å². The van der Waals surface area contributed by atoms with Crippen LogP contribution in [0.2, 0.25) is 0 Å². The highest BCUT2D eigenvalue weighted by Gasteiger charge is 2.10. The molecule has 1 nitrogen and oxygen atoms in total. The number of hydrogen-bond acceptors (Lipinski definition) is 2. The minimum atomic E-state index is -0.267. The minimum Gasteiger partial charge on any atom is -0.320 e. The molecule has 2 aromatic rings. The second-order valence-electron chi connectivity index (χ2n) is 3.21. The summed E-state index contributed by atoms with van der Waals surface area (Å²) in [5.41, 5.74) is 8.00. The summed E-state index contributed by atoms with van der Waals surface area (Å²) in [7, 11) is 0. The van der Waals surface area contributed by atoms with Gasteiger partial charge in [0.1, 0.15) is 5.82 Å². The van der Waals surface area contributed by atoms with E-state index in [2.05, 4.69) is 15.9 Å². The molecular weight excluding hydrogens is 277 g/mol. The molecule has 1 atom stereocenters. The van der Waals surface area contributed by atoms with Gasteiger partial charge >= 0.3 is 0 Å². The van der Waals surface area contributed by atoms with Crippen LogP contribution in [-0.4, -0.2) is 0 Å². The Bertz CT molecular complexity index is 456. The minimum absolute atomic E-state index is 0.187. The molecule has 1 heterocycles. The summed E-state index contributed by atoms with van der Waals surface area (Å²) < 4.78 is 13.5. The van der Waals surface area contributed by atoms with Gasteiger partial charge in [-0.25, -0.2) is 4.39 Å². The van der Waals surface area contributed by atoms with Crippen LogP contribution in [0.15, 0.2) is 39.5 Å². The Morgan fingerprint density at radius 1 is 1.27 bits per heavy atom. The highest BCUT2D eigenvalue weighted by molar-refractivity contribution is 9.10. The van der Waals surface area contributed by atoms with Crippen LogP contribution < -0.4 is 5.73 Å². The Balaban J connectivity index is 2.34. The van der Waals surface area contributed by atoms with Crippen LogP contribution in [0.5, 0.6) is 0 Å². The fourth-order valence-corrected chi connectivity index (χ4v) is 2.44. The van der Waals surface area contributed by atoms with Crippen LogP contribution >= 0.6 is 27.3 Å². The van der Waals surface area contributed by atoms with E-state index >= 15 is 0 Å². The summed E-state index contributed by atoms with van der Waals surface area (Å²) in [4.78, 5) is 0. The smallest absolute Gasteiger partial charge is 0.137 e. The van der Waals surface area contributed by atoms with Crippen LogP contribution in [0.4, 0.5) is 4.39 Å². The van der Waals surface area contributed by atoms with Crippen LogP contribution in [0.25, 0.3) is 0 Å². The van der Waals surface area contributed by atoms with Crippen molar-refractivity contribution in [1.29, 1.82) is 0 Å². The lowest BCUT2D eigenvalue weighted by molar-refractivity contribution is 0.619. The van der Waals surface area contributed by atoms with Gasteiger partial charge < -0.3 is 5.73 Å². The highest BCUT2D eigenvalue weighted by Crippen LogP contribution is 2.25. The molecule has 2 N–H and O–H groups in total. The zero-order valence-electron chi connectivity index (χ0n) is 7.78. The maximum Gasteiger partial charge on any atom is 0.137 e. The van der Waals surface area contributed by atoms with Gasteiger partial charge in [0.05, 0.1) is 10.5 Å². The average molecular weight is 286 g/mol. The van der Waals surface area contributed by atoms with E-state index in [-0.39, 0.29) is 11.9 Å². The maximum atomic E-state index is 13.0. The van der Waals surface area contributed by atoms with Gasteiger partial charge in [-0.15, -0.1) is 0 Å². The molecule has 0 saturated carbocycles. The van der Waals surface area contributed by atoms with Gasteiger partial charge in [-0.3, -0.25) is 0 Å². The third-order valence-corrected chi connectivity index (χ3v) is 3.51. The lowest BCUT2D eigenvalue weighted by Crippen LogP contribution is -2.10. The van der Waals surface area contributed by atoms with E-state index in [1.807, 2.05) is 16.8 Å². The number of rotatable bonds is 2. The van der Waals surface area contributed by atoms with Crippen molar-refractivity contribution >= 4 is 27.3 Å². The standard InChI is InChI=1S/C11H9BrFNS/c12-9-5-7(1-2-10(9)13)11(14)8-3-4-15-6-8/h1-6,11H,14H2/t11-/m1/s1. The van der Waals surface area contributed by atoms with E-state index in [4.69, 9.17) is 5.73 Å². The molecule has 0 radical (unpaired) electrons. The molecule has 2 rings (SSSR count). The Kier molecular flexibility index (Phi) is 3.19. The third kappa shape index (κ3) is 2.27. The summed E-state index contributed by atoms with van der Waals surface area (Å²) in [5.74, 6) is -0.267. The van der Waals surface area contributed by atoms with E-state index in [9.17, 15) is 4.39 Å². The third-order valence-electron chi connectivity index (χ3n) is 2.21. The van der Waals surface area contributed by atoms with Crippen molar-refractivity contribution in [3.63, 3.8) is 0 Å². The summed E-state index contributed by atoms with van der Waals surface area (Å²) in [6.45, 7) is 0. The molecule has 15 heavy (non-hydrogen) atoms. The van der Waals surface area contributed by atoms with Gasteiger partial charge in [0.15, 0.2) is 0 Å². The normalized spacial score (nSPS) is 12.7. The lowest BCUT2D eigenvalue weighted by Gasteiger charge is -2.10. The number of halogens is 2. The summed E-state index contributed by atoms with van der Waals surface area (Å²) >= 11 is 4.75. The van der Waals surface area contributed by atoms with E-state index < -0.39 is 0 Å². The molecule has 0 saturated heterocycles. The number of thiophene rings is 1. The first kappa shape index (κ1) is 10.8. The van der Waals surface area contributed by atoms with Crippen LogP contribution in [0.3, 0.4) is 0 Å². The van der Waals surface area contributed by atoms with Crippen LogP contribution in [0.1, 0.15) is 17.2 Å². The molecular formula is C11H9BrFNS. The maximum absolute atomic E-state index is 13.0. The SMILES string of the molecule is N[C@@H](c1ccsc1)c1ccc(F)c(Br)c1. The first-order valence-corrected chi connectivity index (χ1v) is 6.14. The van der Waals surface area contributed by atoms with E-state index in [0.717, 1.165) is 11.1 Å². The quantitative estimate of drug-likeness (QED) is 0.895. The van der Waals surface area contributed by atoms with Crippen molar-refractivity contribution in [3.8, 4) is 0 Å². The molecule has 0 unspecified atom stereocenters. The lowest BCUT2D eigenvalue weighted by atomic mass is 10.0. The second-order valence-corrected chi connectivity index (χ2v) is 4.84. The van der Waals surface area contributed by atoms with Gasteiger partial charge in [0.2, 0.25) is 0 Å². The van der Waals surface area contributed by atoms with Crippen molar-refractivity contribution in [3.05, 3.63) is 56.4 Å². The predicted octanol–water partition coefficient (Wildman–Crippen LogP) is 3.70. The molecule has 0 aliphatic heterocycles. The molecule has 0 aliphatic carbocycles. The molecule has 78 valence electrons. The summed E-state index contributed by atoms with van der Waals surface area (Å²) in [5, 5.41) is 3.98. The topological polar surface area (TPSA) is 26.0 Å². The van der Waals surface area contributed by atoms with Crippen molar-refractivity contribution in [1.82, 2.24) is 0 Å². The van der Waals surface area contributed by atoms with Gasteiger partial charge in [-0.2, -0.15) is 11.3 Å². The Morgan fingerprint density at radius 2 is 2.07 bits per heavy atom. The highest BCUT2D eigenvalue weighted by atomic mass is 79.9. The predicted molar refractivity (Wildman–Crippen MR) is 64.4 cm³/mol. The van der Waals surface area contributed by atoms with Gasteiger partial charge in [-0.1, -0.05) is 6.07 Å². The van der Waals surface area contributed by atoms with Crippen molar-refractivity contribution in [2.24, 2.45) is 5.73 Å². The van der Waals surface area contributed by atoms with Gasteiger partial charge in [0.25, 0.3) is 0 Å². The molecule has 4 heteroatoms. The Morgan fingerprint density at radius 3 is 2.67 bits per heavy atom. The van der Waals surface area contributed by atoms with E-state index in [0.29, 0.717) is 4.47 Å². The largest absolute Gasteiger partial charge is 0.320 e. The number of nitrogens with two attached hydrogens (primary N) is 1. The zero-order valence-corrected chi connectivity index (χ0v) is 10.2. The van der Waals surface area contributed by atoms with E-state index in [1.165, 1.54) is 6.07 Å². The fourth-order valence-electron chi connectivity index (χ4n) is 1.35. The van der Waals surface area contributed by atoms with Gasteiger partial charge in [-0.05, 0) is 56.0 Å². The monoisotopic (exact) mass is 285 g/mol.